The maximum absolute atomic E-state index is 11.2. The van der Waals surface area contributed by atoms with E-state index in [1.807, 2.05) is 6.08 Å². The Labute approximate surface area is 77.4 Å². The Kier molecular flexibility index (Phi) is 2.87. The van der Waals surface area contributed by atoms with E-state index in [1.165, 1.54) is 6.20 Å². The second-order valence-electron chi connectivity index (χ2n) is 2.85. The number of allylic oxidation sites excluding steroid dienone is 3. The Bertz CT molecular complexity index is 365. The van der Waals surface area contributed by atoms with Crippen LogP contribution in [0.5, 0.6) is 0 Å². The monoisotopic (exact) mass is 201 g/mol. The van der Waals surface area contributed by atoms with E-state index >= 15 is 0 Å². The van der Waals surface area contributed by atoms with E-state index in [4.69, 9.17) is 0 Å². The van der Waals surface area contributed by atoms with Crippen LogP contribution in [0.2, 0.25) is 0 Å². The van der Waals surface area contributed by atoms with Gasteiger partial charge in [-0.15, -0.1) is 0 Å². The van der Waals surface area contributed by atoms with Crippen LogP contribution in [-0.4, -0.2) is 20.5 Å². The van der Waals surface area contributed by atoms with Gasteiger partial charge in [-0.1, -0.05) is 12.2 Å². The van der Waals surface area contributed by atoms with E-state index in [0.717, 1.165) is 12.7 Å². The van der Waals surface area contributed by atoms with Crippen molar-refractivity contribution in [3.63, 3.8) is 0 Å². The van der Waals surface area contributed by atoms with Crippen LogP contribution in [0, 0.1) is 0 Å². The van der Waals surface area contributed by atoms with Gasteiger partial charge in [0.25, 0.3) is 0 Å². The van der Waals surface area contributed by atoms with Crippen LogP contribution in [0.25, 0.3) is 0 Å². The van der Waals surface area contributed by atoms with E-state index in [0.29, 0.717) is 12.0 Å². The number of hydrogen-bond donors (Lipinski definition) is 1. The van der Waals surface area contributed by atoms with Gasteiger partial charge >= 0.3 is 0 Å². The van der Waals surface area contributed by atoms with Crippen LogP contribution in [-0.2, 0) is 14.8 Å². The highest BCUT2D eigenvalue weighted by molar-refractivity contribution is 7.88. The Morgan fingerprint density at radius 2 is 2.23 bits per heavy atom. The van der Waals surface area contributed by atoms with Gasteiger partial charge in [0.2, 0.25) is 10.0 Å². The summed E-state index contributed by atoms with van der Waals surface area (Å²) in [5, 5.41) is 0. The Balaban J connectivity index is 2.76. The molecule has 13 heavy (non-hydrogen) atoms. The number of nitrogens with one attached hydrogen (secondary N) is 1. The smallest absolute Gasteiger partial charge is 0.229 e. The molecule has 72 valence electrons. The molecule has 0 unspecified atom stereocenters. The minimum atomic E-state index is -3.26. The molecular formula is C8H11NO3S. The molecular weight excluding hydrogens is 190 g/mol. The summed E-state index contributed by atoms with van der Waals surface area (Å²) < 4.78 is 23.5. The molecule has 1 aliphatic carbocycles. The lowest BCUT2D eigenvalue weighted by Gasteiger charge is -2.06. The summed E-state index contributed by atoms with van der Waals surface area (Å²) in [6, 6.07) is 0. The van der Waals surface area contributed by atoms with Crippen LogP contribution in [0.1, 0.15) is 12.8 Å². The van der Waals surface area contributed by atoms with Gasteiger partial charge in [-0.3, -0.25) is 9.52 Å². The topological polar surface area (TPSA) is 63.2 Å². The molecule has 0 spiro atoms. The third-order valence-corrected chi connectivity index (χ3v) is 2.13. The van der Waals surface area contributed by atoms with Crippen LogP contribution >= 0.6 is 0 Å². The molecule has 4 nitrogen and oxygen atoms in total. The molecule has 0 radical (unpaired) electrons. The standard InChI is InChI=1S/C8H11NO3S/c1-13(11,12)9-6-7-4-2-3-5-8(7)10/h2,4,6,9H,3,5H2,1H3/b7-6-. The normalized spacial score (nSPS) is 20.7. The lowest BCUT2D eigenvalue weighted by Crippen LogP contribution is -2.17. The van der Waals surface area contributed by atoms with E-state index < -0.39 is 10.0 Å². The van der Waals surface area contributed by atoms with Gasteiger partial charge in [-0.05, 0) is 6.42 Å². The summed E-state index contributed by atoms with van der Waals surface area (Å²) in [7, 11) is -3.26. The Morgan fingerprint density at radius 1 is 1.54 bits per heavy atom. The van der Waals surface area contributed by atoms with Crippen molar-refractivity contribution in [2.45, 2.75) is 12.8 Å². The molecule has 0 amide bonds. The minimum absolute atomic E-state index is 0.0290. The molecule has 0 saturated carbocycles. The molecule has 0 aromatic carbocycles. The van der Waals surface area contributed by atoms with Crippen molar-refractivity contribution in [2.24, 2.45) is 0 Å². The summed E-state index contributed by atoms with van der Waals surface area (Å²) in [6.07, 6.45) is 6.93. The predicted molar refractivity (Wildman–Crippen MR) is 49.4 cm³/mol. The highest BCUT2D eigenvalue weighted by atomic mass is 32.2. The first-order valence-corrected chi connectivity index (χ1v) is 5.75. The highest BCUT2D eigenvalue weighted by Gasteiger charge is 2.10. The molecule has 0 saturated heterocycles. The predicted octanol–water partition coefficient (Wildman–Crippen LogP) is 0.339. The quantitative estimate of drug-likeness (QED) is 0.655. The first-order chi connectivity index (χ1) is 5.99. The van der Waals surface area contributed by atoms with Gasteiger partial charge in [0, 0.05) is 18.2 Å². The third-order valence-electron chi connectivity index (χ3n) is 1.59. The van der Waals surface area contributed by atoms with Crippen molar-refractivity contribution >= 4 is 15.8 Å². The minimum Gasteiger partial charge on any atom is -0.294 e. The zero-order valence-electron chi connectivity index (χ0n) is 7.28. The van der Waals surface area contributed by atoms with E-state index in [2.05, 4.69) is 4.72 Å². The largest absolute Gasteiger partial charge is 0.294 e. The summed E-state index contributed by atoms with van der Waals surface area (Å²) in [4.78, 5) is 11.2. The summed E-state index contributed by atoms with van der Waals surface area (Å²) in [5.74, 6) is -0.0290. The van der Waals surface area contributed by atoms with Crippen molar-refractivity contribution < 1.29 is 13.2 Å². The van der Waals surface area contributed by atoms with Crippen LogP contribution < -0.4 is 4.72 Å². The number of carbonyl (C=O) groups is 1. The summed E-state index contributed by atoms with van der Waals surface area (Å²) in [6.45, 7) is 0. The molecule has 0 aliphatic heterocycles. The number of Topliss-reactive ketones (excluding diaryl/α,β-unsaturated/α-hetero) is 1. The van der Waals surface area contributed by atoms with Crippen LogP contribution in [0.15, 0.2) is 23.9 Å². The van der Waals surface area contributed by atoms with Crippen molar-refractivity contribution in [2.75, 3.05) is 6.26 Å². The first-order valence-electron chi connectivity index (χ1n) is 3.86. The first kappa shape index (κ1) is 9.98. The second-order valence-corrected chi connectivity index (χ2v) is 4.63. The average molecular weight is 201 g/mol. The second kappa shape index (κ2) is 3.74. The fraction of sp³-hybridized carbons (Fsp3) is 0.375. The molecule has 5 heteroatoms. The van der Waals surface area contributed by atoms with Gasteiger partial charge < -0.3 is 0 Å². The average Bonchev–Trinajstić information content (AvgIpc) is 2.01. The highest BCUT2D eigenvalue weighted by Crippen LogP contribution is 2.11. The van der Waals surface area contributed by atoms with Crippen molar-refractivity contribution in [1.82, 2.24) is 4.72 Å². The van der Waals surface area contributed by atoms with Gasteiger partial charge in [0.1, 0.15) is 0 Å². The van der Waals surface area contributed by atoms with Gasteiger partial charge in [0.15, 0.2) is 5.78 Å². The van der Waals surface area contributed by atoms with Gasteiger partial charge in [0.05, 0.1) is 6.26 Å². The lowest BCUT2D eigenvalue weighted by molar-refractivity contribution is -0.115. The van der Waals surface area contributed by atoms with Crippen LogP contribution in [0.4, 0.5) is 0 Å². The number of rotatable bonds is 2. The zero-order chi connectivity index (χ0) is 9.90. The zero-order valence-corrected chi connectivity index (χ0v) is 8.10. The van der Waals surface area contributed by atoms with Crippen LogP contribution in [0.3, 0.4) is 0 Å². The number of hydrogen-bond acceptors (Lipinski definition) is 3. The number of carbonyl (C=O) groups excluding carboxylic acids is 1. The molecule has 1 aliphatic rings. The van der Waals surface area contributed by atoms with Crippen molar-refractivity contribution in [3.05, 3.63) is 23.9 Å². The maximum Gasteiger partial charge on any atom is 0.229 e. The Hall–Kier alpha value is -1.10. The molecule has 0 heterocycles. The summed E-state index contributed by atoms with van der Waals surface area (Å²) in [5.41, 5.74) is 0.414. The van der Waals surface area contributed by atoms with Crippen molar-refractivity contribution in [1.29, 1.82) is 0 Å². The van der Waals surface area contributed by atoms with Gasteiger partial charge in [-0.25, -0.2) is 8.42 Å². The lowest BCUT2D eigenvalue weighted by atomic mass is 10.0. The maximum atomic E-state index is 11.2. The number of ketones is 1. The molecule has 1 rings (SSSR count). The SMILES string of the molecule is CS(=O)(=O)N/C=C1/C=CCCC1=O. The van der Waals surface area contributed by atoms with E-state index in [9.17, 15) is 13.2 Å². The fourth-order valence-electron chi connectivity index (χ4n) is 0.961. The van der Waals surface area contributed by atoms with Gasteiger partial charge in [-0.2, -0.15) is 0 Å². The number of sulfonamides is 1. The van der Waals surface area contributed by atoms with Crippen molar-refractivity contribution in [3.8, 4) is 0 Å². The van der Waals surface area contributed by atoms with E-state index in [-0.39, 0.29) is 5.78 Å². The third kappa shape index (κ3) is 3.42. The molecule has 0 atom stereocenters. The molecule has 1 N–H and O–H groups in total. The molecule has 0 bridgehead atoms. The fourth-order valence-corrected chi connectivity index (χ4v) is 1.30. The summed E-state index contributed by atoms with van der Waals surface area (Å²) >= 11 is 0. The Morgan fingerprint density at radius 3 is 2.77 bits per heavy atom. The molecule has 0 aromatic heterocycles. The van der Waals surface area contributed by atoms with E-state index in [1.54, 1.807) is 6.08 Å². The molecule has 0 aromatic rings. The molecule has 0 fully saturated rings.